The molecule has 9 heteroatoms. The first-order valence-electron chi connectivity index (χ1n) is 15.3. The van der Waals surface area contributed by atoms with E-state index in [2.05, 4.69) is 37.6 Å². The third-order valence-corrected chi connectivity index (χ3v) is 7.97. The lowest BCUT2D eigenvalue weighted by Crippen LogP contribution is -2.48. The second-order valence-electron chi connectivity index (χ2n) is 12.8. The molecule has 9 nitrogen and oxygen atoms in total. The number of anilines is 1. The SMILES string of the molecule is Cc1cn(-c2cc(CN3CCC[C@H](NC(=O)OC(C)(C)C)C3)cc(NC(=O)c3cc(C4CCCCC4)ccn3)c2)cn1. The number of aryl methyl sites for hydroxylation is 1. The summed E-state index contributed by atoms with van der Waals surface area (Å²) >= 11 is 0. The van der Waals surface area contributed by atoms with Crippen molar-refractivity contribution >= 4 is 17.7 Å². The van der Waals surface area contributed by atoms with Gasteiger partial charge in [-0.3, -0.25) is 14.7 Å². The predicted molar refractivity (Wildman–Crippen MR) is 164 cm³/mol. The van der Waals surface area contributed by atoms with Gasteiger partial charge in [0.25, 0.3) is 5.91 Å². The maximum Gasteiger partial charge on any atom is 0.407 e. The molecule has 3 heterocycles. The highest BCUT2D eigenvalue weighted by Gasteiger charge is 2.25. The number of hydrogen-bond acceptors (Lipinski definition) is 6. The fourth-order valence-corrected chi connectivity index (χ4v) is 6.05. The van der Waals surface area contributed by atoms with Crippen LogP contribution in [0, 0.1) is 6.92 Å². The first kappa shape index (κ1) is 29.8. The van der Waals surface area contributed by atoms with Gasteiger partial charge in [-0.15, -0.1) is 0 Å². The highest BCUT2D eigenvalue weighted by molar-refractivity contribution is 6.03. The van der Waals surface area contributed by atoms with Crippen LogP contribution in [0.15, 0.2) is 49.1 Å². The largest absolute Gasteiger partial charge is 0.444 e. The van der Waals surface area contributed by atoms with Crippen molar-refractivity contribution in [2.75, 3.05) is 18.4 Å². The number of ether oxygens (including phenoxy) is 1. The molecule has 42 heavy (non-hydrogen) atoms. The Bertz CT molecular complexity index is 1390. The van der Waals surface area contributed by atoms with Gasteiger partial charge in [-0.25, -0.2) is 9.78 Å². The molecular formula is C33H44N6O3. The fraction of sp³-hybridized carbons (Fsp3) is 0.515. The number of nitrogens with zero attached hydrogens (tertiary/aromatic N) is 4. The average molecular weight is 573 g/mol. The van der Waals surface area contributed by atoms with E-state index in [0.717, 1.165) is 42.9 Å². The Morgan fingerprint density at radius 3 is 2.57 bits per heavy atom. The highest BCUT2D eigenvalue weighted by Crippen LogP contribution is 2.32. The van der Waals surface area contributed by atoms with Crippen LogP contribution in [-0.4, -0.2) is 56.2 Å². The number of piperidine rings is 1. The summed E-state index contributed by atoms with van der Waals surface area (Å²) in [7, 11) is 0. The van der Waals surface area contributed by atoms with Gasteiger partial charge in [0.2, 0.25) is 0 Å². The summed E-state index contributed by atoms with van der Waals surface area (Å²) in [5.41, 5.74) is 4.74. The summed E-state index contributed by atoms with van der Waals surface area (Å²) in [6, 6.07) is 10.2. The standard InChI is InChI=1S/C33H44N6O3/c1-23-19-39(22-35-23)29-16-24(20-38-14-8-11-27(21-38)37-32(41)42-33(2,3)4)15-28(18-29)36-31(40)30-17-26(12-13-34-30)25-9-6-5-7-10-25/h12-13,15-19,22,25,27H,5-11,14,20-21H2,1-4H3,(H,36,40)(H,37,41)/t27-/m0/s1. The van der Waals surface area contributed by atoms with Crippen LogP contribution in [0.3, 0.4) is 0 Å². The number of carbonyl (C=O) groups excluding carboxylic acids is 2. The van der Waals surface area contributed by atoms with Crippen molar-refractivity contribution < 1.29 is 14.3 Å². The van der Waals surface area contributed by atoms with Crippen LogP contribution in [-0.2, 0) is 11.3 Å². The number of aromatic nitrogens is 3. The van der Waals surface area contributed by atoms with Crippen molar-refractivity contribution in [1.29, 1.82) is 0 Å². The number of imidazole rings is 1. The number of likely N-dealkylation sites (tertiary alicyclic amines) is 1. The van der Waals surface area contributed by atoms with Crippen LogP contribution < -0.4 is 10.6 Å². The Balaban J connectivity index is 1.32. The van der Waals surface area contributed by atoms with Gasteiger partial charge in [0.1, 0.15) is 11.3 Å². The summed E-state index contributed by atoms with van der Waals surface area (Å²) in [6.45, 7) is 9.91. The normalized spacial score (nSPS) is 18.4. The molecule has 0 unspecified atom stereocenters. The molecule has 2 fully saturated rings. The first-order chi connectivity index (χ1) is 20.1. The van der Waals surface area contributed by atoms with Gasteiger partial charge in [-0.2, -0.15) is 0 Å². The van der Waals surface area contributed by atoms with Crippen LogP contribution in [0.5, 0.6) is 0 Å². The molecular weight excluding hydrogens is 528 g/mol. The Kier molecular flexibility index (Phi) is 9.26. The van der Waals surface area contributed by atoms with Crippen molar-refractivity contribution in [3.05, 3.63) is 71.6 Å². The molecule has 1 aliphatic heterocycles. The van der Waals surface area contributed by atoms with Gasteiger partial charge < -0.3 is 19.9 Å². The lowest BCUT2D eigenvalue weighted by Gasteiger charge is -2.33. The lowest BCUT2D eigenvalue weighted by atomic mass is 9.84. The second kappa shape index (κ2) is 13.1. The summed E-state index contributed by atoms with van der Waals surface area (Å²) < 4.78 is 7.44. The molecule has 1 saturated carbocycles. The number of benzene rings is 1. The summed E-state index contributed by atoms with van der Waals surface area (Å²) in [4.78, 5) is 36.9. The van der Waals surface area contributed by atoms with E-state index in [1.165, 1.54) is 37.7 Å². The quantitative estimate of drug-likeness (QED) is 0.341. The van der Waals surface area contributed by atoms with E-state index in [-0.39, 0.29) is 18.0 Å². The van der Waals surface area contributed by atoms with Crippen LogP contribution in [0.4, 0.5) is 10.5 Å². The van der Waals surface area contributed by atoms with Gasteiger partial charge in [0, 0.05) is 42.9 Å². The molecule has 0 bridgehead atoms. The van der Waals surface area contributed by atoms with E-state index >= 15 is 0 Å². The molecule has 224 valence electrons. The Hall–Kier alpha value is -3.72. The van der Waals surface area contributed by atoms with E-state index in [4.69, 9.17) is 4.74 Å². The molecule has 1 atom stereocenters. The minimum Gasteiger partial charge on any atom is -0.444 e. The maximum absolute atomic E-state index is 13.4. The van der Waals surface area contributed by atoms with Crippen molar-refractivity contribution in [3.63, 3.8) is 0 Å². The Morgan fingerprint density at radius 1 is 1.02 bits per heavy atom. The summed E-state index contributed by atoms with van der Waals surface area (Å²) in [5.74, 6) is 0.294. The smallest absolute Gasteiger partial charge is 0.407 e. The minimum atomic E-state index is -0.530. The van der Waals surface area contributed by atoms with Crippen molar-refractivity contribution in [3.8, 4) is 5.69 Å². The number of nitrogens with one attached hydrogen (secondary N) is 2. The van der Waals surface area contributed by atoms with Gasteiger partial charge in [0.15, 0.2) is 0 Å². The van der Waals surface area contributed by atoms with Crippen LogP contribution >= 0.6 is 0 Å². The third kappa shape index (κ3) is 8.18. The predicted octanol–water partition coefficient (Wildman–Crippen LogP) is 6.36. The molecule has 3 aromatic rings. The Labute approximate surface area is 249 Å². The lowest BCUT2D eigenvalue weighted by molar-refractivity contribution is 0.0470. The molecule has 0 radical (unpaired) electrons. The average Bonchev–Trinajstić information content (AvgIpc) is 3.39. The topological polar surface area (TPSA) is 101 Å². The molecule has 0 spiro atoms. The zero-order chi connectivity index (χ0) is 29.7. The van der Waals surface area contributed by atoms with Crippen molar-refractivity contribution in [2.45, 2.75) is 96.7 Å². The van der Waals surface area contributed by atoms with E-state index in [9.17, 15) is 9.59 Å². The number of rotatable bonds is 7. The fourth-order valence-electron chi connectivity index (χ4n) is 6.05. The Morgan fingerprint density at radius 2 is 1.83 bits per heavy atom. The number of pyridine rings is 1. The zero-order valence-corrected chi connectivity index (χ0v) is 25.4. The van der Waals surface area contributed by atoms with Crippen LogP contribution in [0.25, 0.3) is 5.69 Å². The third-order valence-electron chi connectivity index (χ3n) is 7.97. The highest BCUT2D eigenvalue weighted by atomic mass is 16.6. The van der Waals surface area contributed by atoms with Gasteiger partial charge >= 0.3 is 6.09 Å². The number of amides is 2. The van der Waals surface area contributed by atoms with Crippen LogP contribution in [0.2, 0.25) is 0 Å². The maximum atomic E-state index is 13.4. The van der Waals surface area contributed by atoms with E-state index < -0.39 is 5.60 Å². The zero-order valence-electron chi connectivity index (χ0n) is 25.4. The van der Waals surface area contributed by atoms with Crippen molar-refractivity contribution in [1.82, 2.24) is 24.8 Å². The first-order valence-corrected chi connectivity index (χ1v) is 15.3. The molecule has 1 aliphatic carbocycles. The molecule has 2 aliphatic rings. The van der Waals surface area contributed by atoms with Gasteiger partial charge in [-0.1, -0.05) is 19.3 Å². The summed E-state index contributed by atoms with van der Waals surface area (Å²) in [5, 5.41) is 6.15. The summed E-state index contributed by atoms with van der Waals surface area (Å²) in [6.07, 6.45) is 13.2. The monoisotopic (exact) mass is 572 g/mol. The molecule has 2 amide bonds. The molecule has 1 aromatic carbocycles. The number of carbonyl (C=O) groups is 2. The van der Waals surface area contributed by atoms with Gasteiger partial charge in [0.05, 0.1) is 12.0 Å². The van der Waals surface area contributed by atoms with Gasteiger partial charge in [-0.05, 0) is 107 Å². The molecule has 5 rings (SSSR count). The van der Waals surface area contributed by atoms with Crippen molar-refractivity contribution in [2.24, 2.45) is 0 Å². The van der Waals surface area contributed by atoms with Crippen LogP contribution in [0.1, 0.15) is 98.9 Å². The molecule has 2 aromatic heterocycles. The second-order valence-corrected chi connectivity index (χ2v) is 12.8. The molecule has 1 saturated heterocycles. The van der Waals surface area contributed by atoms with E-state index in [0.29, 0.717) is 23.8 Å². The minimum absolute atomic E-state index is 0.0229. The number of hydrogen-bond donors (Lipinski definition) is 2. The van der Waals surface area contributed by atoms with E-state index in [1.807, 2.05) is 56.7 Å². The van der Waals surface area contributed by atoms with E-state index in [1.54, 1.807) is 12.5 Å². The number of alkyl carbamates (subject to hydrolysis) is 1. The molecule has 2 N–H and O–H groups in total.